The molecule has 2 amide bonds. The molecule has 0 saturated heterocycles. The van der Waals surface area contributed by atoms with Crippen LogP contribution in [0.5, 0.6) is 5.75 Å². The molecule has 1 aromatic carbocycles. The molecule has 0 unspecified atom stereocenters. The highest BCUT2D eigenvalue weighted by molar-refractivity contribution is 6.30. The van der Waals surface area contributed by atoms with Gasteiger partial charge in [-0.3, -0.25) is 0 Å². The van der Waals surface area contributed by atoms with Gasteiger partial charge < -0.3 is 15.4 Å². The average Bonchev–Trinajstić information content (AvgIpc) is 2.50. The summed E-state index contributed by atoms with van der Waals surface area (Å²) in [6, 6.07) is 7.27. The van der Waals surface area contributed by atoms with Gasteiger partial charge in [0.2, 0.25) is 0 Å². The normalized spacial score (nSPS) is 21.4. The van der Waals surface area contributed by atoms with E-state index in [1.54, 1.807) is 12.1 Å². The van der Waals surface area contributed by atoms with E-state index >= 15 is 0 Å². The topological polar surface area (TPSA) is 55.6 Å². The van der Waals surface area contributed by atoms with Crippen molar-refractivity contribution in [3.63, 3.8) is 0 Å². The van der Waals surface area contributed by atoms with Gasteiger partial charge in [0.05, 0.1) is 6.61 Å². The van der Waals surface area contributed by atoms with E-state index in [9.17, 15) is 4.79 Å². The summed E-state index contributed by atoms with van der Waals surface area (Å²) in [5.74, 6) is 1.56. The molecule has 2 rings (SSSR count). The van der Waals surface area contributed by atoms with Crippen molar-refractivity contribution in [3.05, 3.63) is 29.3 Å². The lowest BCUT2D eigenvalue weighted by molar-refractivity contribution is 0.146. The predicted molar refractivity (Wildman–Crippen MR) is 89.3 cm³/mol. The highest BCUT2D eigenvalue weighted by Gasteiger charge is 2.25. The fourth-order valence-electron chi connectivity index (χ4n) is 2.98. The molecule has 0 aromatic heterocycles. The molecule has 122 valence electrons. The number of halogens is 1. The van der Waals surface area contributed by atoms with E-state index < -0.39 is 0 Å². The maximum Gasteiger partial charge on any atom is 0.315 e. The van der Waals surface area contributed by atoms with Crippen molar-refractivity contribution in [2.75, 3.05) is 13.2 Å². The number of ether oxygens (including phenoxy) is 1. The van der Waals surface area contributed by atoms with Gasteiger partial charge in [0.25, 0.3) is 0 Å². The summed E-state index contributed by atoms with van der Waals surface area (Å²) in [4.78, 5) is 13.5. The van der Waals surface area contributed by atoms with Crippen molar-refractivity contribution in [1.82, 2.24) is 4.90 Å². The molecule has 1 aliphatic rings. The third-order valence-electron chi connectivity index (χ3n) is 4.33. The maximum absolute atomic E-state index is 11.7. The zero-order valence-corrected chi connectivity index (χ0v) is 13.9. The molecule has 1 aliphatic carbocycles. The van der Waals surface area contributed by atoms with Crippen molar-refractivity contribution in [1.29, 1.82) is 0 Å². The van der Waals surface area contributed by atoms with Crippen molar-refractivity contribution in [3.8, 4) is 5.75 Å². The highest BCUT2D eigenvalue weighted by Crippen LogP contribution is 2.27. The SMILES string of the molecule is C[C@H]1CC[C@H](N(CCCOc2ccc(Cl)cc2)C(N)=O)CC1. The monoisotopic (exact) mass is 324 g/mol. The van der Waals surface area contributed by atoms with Crippen LogP contribution in [0.4, 0.5) is 4.79 Å². The van der Waals surface area contributed by atoms with Gasteiger partial charge >= 0.3 is 6.03 Å². The summed E-state index contributed by atoms with van der Waals surface area (Å²) in [6.07, 6.45) is 5.24. The van der Waals surface area contributed by atoms with Crippen LogP contribution in [0.15, 0.2) is 24.3 Å². The molecular weight excluding hydrogens is 300 g/mol. The molecule has 1 saturated carbocycles. The molecular formula is C17H25ClN2O2. The second-order valence-electron chi connectivity index (χ2n) is 6.10. The number of urea groups is 1. The van der Waals surface area contributed by atoms with E-state index in [0.29, 0.717) is 24.2 Å². The van der Waals surface area contributed by atoms with Gasteiger partial charge in [-0.25, -0.2) is 4.79 Å². The Morgan fingerprint density at radius 1 is 1.27 bits per heavy atom. The molecule has 2 N–H and O–H groups in total. The summed E-state index contributed by atoms with van der Waals surface area (Å²) in [6.45, 7) is 3.49. The number of carbonyl (C=O) groups excluding carboxylic acids is 1. The minimum absolute atomic E-state index is 0.296. The summed E-state index contributed by atoms with van der Waals surface area (Å²) in [5, 5.41) is 0.693. The van der Waals surface area contributed by atoms with E-state index in [1.807, 2.05) is 17.0 Å². The first-order valence-corrected chi connectivity index (χ1v) is 8.38. The first-order chi connectivity index (χ1) is 10.6. The Kier molecular flexibility index (Phi) is 6.37. The molecule has 0 heterocycles. The van der Waals surface area contributed by atoms with E-state index in [1.165, 1.54) is 12.8 Å². The molecule has 5 heteroatoms. The van der Waals surface area contributed by atoms with E-state index in [-0.39, 0.29) is 6.03 Å². The standard InChI is InChI=1S/C17H25ClN2O2/c1-13-3-7-15(8-4-13)20(17(19)21)11-2-12-22-16-9-5-14(18)6-10-16/h5-6,9-10,13,15H,2-4,7-8,11-12H2,1H3,(H2,19,21)/t13-,15-. The lowest BCUT2D eigenvalue weighted by atomic mass is 9.86. The molecule has 0 radical (unpaired) electrons. The number of hydrogen-bond acceptors (Lipinski definition) is 2. The van der Waals surface area contributed by atoms with Gasteiger partial charge in [-0.1, -0.05) is 18.5 Å². The van der Waals surface area contributed by atoms with Crippen LogP contribution in [0, 0.1) is 5.92 Å². The van der Waals surface area contributed by atoms with Gasteiger partial charge in [-0.05, 0) is 62.3 Å². The molecule has 1 aromatic rings. The van der Waals surface area contributed by atoms with Crippen molar-refractivity contribution >= 4 is 17.6 Å². The number of hydrogen-bond donors (Lipinski definition) is 1. The minimum atomic E-state index is -0.314. The fourth-order valence-corrected chi connectivity index (χ4v) is 3.11. The summed E-state index contributed by atoms with van der Waals surface area (Å²) in [7, 11) is 0. The average molecular weight is 325 g/mol. The van der Waals surface area contributed by atoms with Gasteiger partial charge in [0, 0.05) is 17.6 Å². The predicted octanol–water partition coefficient (Wildman–Crippen LogP) is 4.07. The van der Waals surface area contributed by atoms with Crippen LogP contribution in [0.1, 0.15) is 39.0 Å². The lowest BCUT2D eigenvalue weighted by Gasteiger charge is -2.35. The number of rotatable bonds is 6. The van der Waals surface area contributed by atoms with Crippen LogP contribution in [0.2, 0.25) is 5.02 Å². The second kappa shape index (κ2) is 8.28. The smallest absolute Gasteiger partial charge is 0.315 e. The summed E-state index contributed by atoms with van der Waals surface area (Å²) in [5.41, 5.74) is 5.54. The largest absolute Gasteiger partial charge is 0.494 e. The Hall–Kier alpha value is -1.42. The Bertz CT molecular complexity index is 470. The van der Waals surface area contributed by atoms with E-state index in [0.717, 1.165) is 30.9 Å². The minimum Gasteiger partial charge on any atom is -0.494 e. The first kappa shape index (κ1) is 16.9. The number of nitrogens with zero attached hydrogens (tertiary/aromatic N) is 1. The van der Waals surface area contributed by atoms with Crippen molar-refractivity contribution in [2.24, 2.45) is 11.7 Å². The molecule has 1 fully saturated rings. The second-order valence-corrected chi connectivity index (χ2v) is 6.54. The third-order valence-corrected chi connectivity index (χ3v) is 4.59. The zero-order valence-electron chi connectivity index (χ0n) is 13.1. The quantitative estimate of drug-likeness (QED) is 0.802. The molecule has 0 spiro atoms. The number of nitrogens with two attached hydrogens (primary N) is 1. The Labute approximate surface area is 137 Å². The van der Waals surface area contributed by atoms with Crippen LogP contribution in [0.25, 0.3) is 0 Å². The Morgan fingerprint density at radius 2 is 1.91 bits per heavy atom. The summed E-state index contributed by atoms with van der Waals surface area (Å²) < 4.78 is 5.66. The van der Waals surface area contributed by atoms with Crippen LogP contribution in [-0.4, -0.2) is 30.1 Å². The summed E-state index contributed by atoms with van der Waals surface area (Å²) >= 11 is 5.83. The van der Waals surface area contributed by atoms with Gasteiger partial charge in [-0.15, -0.1) is 0 Å². The van der Waals surface area contributed by atoms with E-state index in [2.05, 4.69) is 6.92 Å². The van der Waals surface area contributed by atoms with Gasteiger partial charge in [0.15, 0.2) is 0 Å². The number of amides is 2. The molecule has 0 atom stereocenters. The number of primary amides is 1. The van der Waals surface area contributed by atoms with Crippen LogP contribution in [0.3, 0.4) is 0 Å². The van der Waals surface area contributed by atoms with Crippen LogP contribution < -0.4 is 10.5 Å². The molecule has 0 bridgehead atoms. The Morgan fingerprint density at radius 3 is 2.50 bits per heavy atom. The highest BCUT2D eigenvalue weighted by atomic mass is 35.5. The van der Waals surface area contributed by atoms with Crippen LogP contribution >= 0.6 is 11.6 Å². The van der Waals surface area contributed by atoms with E-state index in [4.69, 9.17) is 22.1 Å². The number of carbonyl (C=O) groups is 1. The van der Waals surface area contributed by atoms with Crippen molar-refractivity contribution in [2.45, 2.75) is 45.1 Å². The fraction of sp³-hybridized carbons (Fsp3) is 0.588. The maximum atomic E-state index is 11.7. The zero-order chi connectivity index (χ0) is 15.9. The van der Waals surface area contributed by atoms with Crippen molar-refractivity contribution < 1.29 is 9.53 Å². The molecule has 4 nitrogen and oxygen atoms in total. The molecule has 0 aliphatic heterocycles. The van der Waals surface area contributed by atoms with Crippen LogP contribution in [-0.2, 0) is 0 Å². The number of benzene rings is 1. The Balaban J connectivity index is 1.75. The molecule has 22 heavy (non-hydrogen) atoms. The van der Waals surface area contributed by atoms with Gasteiger partial charge in [-0.2, -0.15) is 0 Å². The first-order valence-electron chi connectivity index (χ1n) is 8.00. The van der Waals surface area contributed by atoms with Gasteiger partial charge in [0.1, 0.15) is 5.75 Å². The lowest BCUT2D eigenvalue weighted by Crippen LogP contribution is -2.45. The third kappa shape index (κ3) is 5.09.